The molecule has 0 atom stereocenters. The summed E-state index contributed by atoms with van der Waals surface area (Å²) in [4.78, 5) is 0. The molecule has 0 N–H and O–H groups in total. The molecule has 0 aliphatic carbocycles. The Hall–Kier alpha value is -0.280. The summed E-state index contributed by atoms with van der Waals surface area (Å²) in [6.45, 7) is 40.9. The van der Waals surface area contributed by atoms with Gasteiger partial charge in [-0.2, -0.15) is 13.2 Å². The van der Waals surface area contributed by atoms with E-state index in [1.807, 2.05) is 13.8 Å². The van der Waals surface area contributed by atoms with Crippen LogP contribution in [-0.4, -0.2) is 12.9 Å². The SMILES string of the molecule is CC.CCC.CCC.CCC.CCC.CCC(C)C.CCC(C)C.CCC(F)(F)F.CCCC.CCF. The van der Waals surface area contributed by atoms with Crippen molar-refractivity contribution in [3.63, 3.8) is 0 Å². The fourth-order valence-electron chi connectivity index (χ4n) is 0. The average Bonchev–Trinajstić information content (AvgIpc) is 2.83. The Balaban J connectivity index is -0.0000000278. The lowest BCUT2D eigenvalue weighted by Crippen LogP contribution is -2.02. The molecule has 37 heavy (non-hydrogen) atoms. The van der Waals surface area contributed by atoms with E-state index in [-0.39, 0.29) is 6.67 Å². The number of unbranched alkanes of at least 4 members (excludes halogenated alkanes) is 1. The first kappa shape index (κ1) is 65.6. The molecule has 0 radical (unpaired) electrons. The van der Waals surface area contributed by atoms with Crippen LogP contribution in [0.5, 0.6) is 0 Å². The lowest BCUT2D eigenvalue weighted by atomic mass is 10.2. The molecule has 0 aromatic rings. The molecular weight excluding hydrogens is 472 g/mol. The summed E-state index contributed by atoms with van der Waals surface area (Å²) in [5, 5.41) is 0. The van der Waals surface area contributed by atoms with E-state index in [0.717, 1.165) is 18.8 Å². The van der Waals surface area contributed by atoms with Gasteiger partial charge in [0.1, 0.15) is 0 Å². The summed E-state index contributed by atoms with van der Waals surface area (Å²) < 4.78 is 42.6. The second-order valence-electron chi connectivity index (χ2n) is 8.67. The third-order valence-corrected chi connectivity index (χ3v) is 2.53. The maximum atomic E-state index is 10.8. The first-order valence-electron chi connectivity index (χ1n) is 15.7. The van der Waals surface area contributed by atoms with Crippen LogP contribution >= 0.6 is 0 Å². The van der Waals surface area contributed by atoms with Gasteiger partial charge < -0.3 is 0 Å². The lowest BCUT2D eigenvalue weighted by molar-refractivity contribution is -0.130. The van der Waals surface area contributed by atoms with Crippen molar-refractivity contribution in [2.45, 2.75) is 202 Å². The van der Waals surface area contributed by atoms with Crippen LogP contribution in [0.1, 0.15) is 196 Å². The molecule has 0 aliphatic heterocycles. The largest absolute Gasteiger partial charge is 0.388 e. The van der Waals surface area contributed by atoms with Crippen LogP contribution in [0.3, 0.4) is 0 Å². The molecule has 4 heteroatoms. The highest BCUT2D eigenvalue weighted by atomic mass is 19.4. The maximum absolute atomic E-state index is 10.8. The van der Waals surface area contributed by atoms with E-state index < -0.39 is 12.6 Å². The zero-order valence-electron chi connectivity index (χ0n) is 30.2. The first-order chi connectivity index (χ1) is 17.1. The molecule has 0 amide bonds. The second-order valence-corrected chi connectivity index (χ2v) is 8.67. The lowest BCUT2D eigenvalue weighted by Gasteiger charge is -1.96. The van der Waals surface area contributed by atoms with Gasteiger partial charge in [0.2, 0.25) is 0 Å². The third-order valence-electron chi connectivity index (χ3n) is 2.53. The van der Waals surface area contributed by atoms with Crippen LogP contribution in [0.4, 0.5) is 17.6 Å². The molecule has 0 fully saturated rings. The summed E-state index contributed by atoms with van der Waals surface area (Å²) in [6.07, 6.45) is 5.56. The average molecular weight is 555 g/mol. The minimum absolute atomic E-state index is 0.250. The molecule has 0 saturated carbocycles. The van der Waals surface area contributed by atoms with Crippen molar-refractivity contribution in [3.05, 3.63) is 0 Å². The normalized spacial score (nSPS) is 7.95. The minimum atomic E-state index is -3.96. The van der Waals surface area contributed by atoms with Gasteiger partial charge in [-0.15, -0.1) is 0 Å². The molecule has 0 heterocycles. The summed E-state index contributed by atoms with van der Waals surface area (Å²) in [7, 11) is 0. The third kappa shape index (κ3) is 681. The molecule has 0 aliphatic rings. The summed E-state index contributed by atoms with van der Waals surface area (Å²) in [6, 6.07) is 0. The smallest absolute Gasteiger partial charge is 0.251 e. The van der Waals surface area contributed by atoms with E-state index in [1.54, 1.807) is 0 Å². The van der Waals surface area contributed by atoms with E-state index >= 15 is 0 Å². The number of rotatable bonds is 3. The van der Waals surface area contributed by atoms with Gasteiger partial charge in [0.25, 0.3) is 0 Å². The van der Waals surface area contributed by atoms with E-state index in [9.17, 15) is 17.6 Å². The van der Waals surface area contributed by atoms with Crippen LogP contribution in [-0.2, 0) is 0 Å². The molecule has 0 rings (SSSR count). The molecule has 0 aromatic heterocycles. The zero-order chi connectivity index (χ0) is 32.7. The minimum Gasteiger partial charge on any atom is -0.251 e. The van der Waals surface area contributed by atoms with Crippen LogP contribution in [0.2, 0.25) is 0 Å². The monoisotopic (exact) mass is 555 g/mol. The molecule has 0 saturated heterocycles. The number of alkyl halides is 4. The van der Waals surface area contributed by atoms with E-state index in [0.29, 0.717) is 0 Å². The van der Waals surface area contributed by atoms with E-state index in [4.69, 9.17) is 0 Å². The Labute approximate surface area is 238 Å². The van der Waals surface area contributed by atoms with Crippen molar-refractivity contribution < 1.29 is 17.6 Å². The van der Waals surface area contributed by atoms with Gasteiger partial charge in [0.15, 0.2) is 0 Å². The Morgan fingerprint density at radius 2 is 0.541 bits per heavy atom. The van der Waals surface area contributed by atoms with Crippen LogP contribution in [0, 0.1) is 11.8 Å². The highest BCUT2D eigenvalue weighted by Gasteiger charge is 2.22. The van der Waals surface area contributed by atoms with Crippen molar-refractivity contribution >= 4 is 0 Å². The predicted molar refractivity (Wildman–Crippen MR) is 174 cm³/mol. The maximum Gasteiger partial charge on any atom is 0.388 e. The highest BCUT2D eigenvalue weighted by molar-refractivity contribution is 4.39. The van der Waals surface area contributed by atoms with Crippen LogP contribution in [0.15, 0.2) is 0 Å². The van der Waals surface area contributed by atoms with Crippen molar-refractivity contribution in [2.24, 2.45) is 11.8 Å². The van der Waals surface area contributed by atoms with Crippen LogP contribution < -0.4 is 0 Å². The Morgan fingerprint density at radius 3 is 0.541 bits per heavy atom. The van der Waals surface area contributed by atoms with Gasteiger partial charge in [0.05, 0.1) is 6.67 Å². The van der Waals surface area contributed by atoms with E-state index in [1.165, 1.54) is 58.3 Å². The molecule has 242 valence electrons. The Morgan fingerprint density at radius 1 is 0.459 bits per heavy atom. The molecule has 0 unspecified atom stereocenters. The quantitative estimate of drug-likeness (QED) is 0.304. The summed E-state index contributed by atoms with van der Waals surface area (Å²) >= 11 is 0. The molecular formula is C33H82F4. The molecule has 0 bridgehead atoms. The molecule has 0 nitrogen and oxygen atoms in total. The summed E-state index contributed by atoms with van der Waals surface area (Å²) in [5.74, 6) is 1.77. The molecule has 0 aromatic carbocycles. The van der Waals surface area contributed by atoms with Gasteiger partial charge in [-0.1, -0.05) is 183 Å². The van der Waals surface area contributed by atoms with Gasteiger partial charge in [0, 0.05) is 6.42 Å². The van der Waals surface area contributed by atoms with Crippen molar-refractivity contribution in [1.29, 1.82) is 0 Å². The second kappa shape index (κ2) is 91.3. The van der Waals surface area contributed by atoms with Gasteiger partial charge in [-0.25, -0.2) is 0 Å². The number of hydrogen-bond acceptors (Lipinski definition) is 0. The standard InChI is InChI=1S/2C5H12.C4H10.C3H5F3.4C3H8.C2H5F.C2H6/c2*1-4-5(2)3;1-3-4-2;1-2-3(4,5)6;4*1-3-2;1-2-3;1-2/h2*5H,4H2,1-3H3;3-4H2,1-2H3;2H2,1H3;4*3H2,1-2H3;2H2,1H3;1-2H3. The van der Waals surface area contributed by atoms with Gasteiger partial charge >= 0.3 is 6.18 Å². The van der Waals surface area contributed by atoms with Crippen molar-refractivity contribution in [2.75, 3.05) is 6.67 Å². The fraction of sp³-hybridized carbons (Fsp3) is 1.00. The predicted octanol–water partition coefficient (Wildman–Crippen LogP) is 15.5. The van der Waals surface area contributed by atoms with Gasteiger partial charge in [-0.05, 0) is 18.8 Å². The van der Waals surface area contributed by atoms with Crippen molar-refractivity contribution in [1.82, 2.24) is 0 Å². The molecule has 0 spiro atoms. The van der Waals surface area contributed by atoms with Crippen molar-refractivity contribution in [3.8, 4) is 0 Å². The zero-order valence-corrected chi connectivity index (χ0v) is 30.2. The summed E-state index contributed by atoms with van der Waals surface area (Å²) in [5.41, 5.74) is 0. The first-order valence-corrected chi connectivity index (χ1v) is 15.7. The number of hydrogen-bond donors (Lipinski definition) is 0. The fourth-order valence-corrected chi connectivity index (χ4v) is 0. The number of halogens is 4. The Bertz CT molecular complexity index is 179. The highest BCUT2D eigenvalue weighted by Crippen LogP contribution is 2.17. The van der Waals surface area contributed by atoms with Gasteiger partial charge in [-0.3, -0.25) is 4.39 Å². The Kier molecular flexibility index (Phi) is 162. The van der Waals surface area contributed by atoms with Crippen LogP contribution in [0.25, 0.3) is 0 Å². The topological polar surface area (TPSA) is 0 Å². The van der Waals surface area contributed by atoms with E-state index in [2.05, 4.69) is 111 Å².